The van der Waals surface area contributed by atoms with Crippen LogP contribution in [0.15, 0.2) is 48.7 Å². The van der Waals surface area contributed by atoms with Gasteiger partial charge in [0.05, 0.1) is 12.1 Å². The first-order valence-corrected chi connectivity index (χ1v) is 10.9. The molecule has 0 aliphatic carbocycles. The van der Waals surface area contributed by atoms with Crippen LogP contribution in [0.25, 0.3) is 22.0 Å². The third-order valence-electron chi connectivity index (χ3n) is 5.46. The van der Waals surface area contributed by atoms with Crippen LogP contribution in [0, 0.1) is 0 Å². The Kier molecular flexibility index (Phi) is 6.82. The van der Waals surface area contributed by atoms with Gasteiger partial charge in [0.15, 0.2) is 6.10 Å². The van der Waals surface area contributed by atoms with E-state index in [1.807, 2.05) is 42.6 Å². The van der Waals surface area contributed by atoms with Crippen molar-refractivity contribution in [2.75, 3.05) is 45.3 Å². The summed E-state index contributed by atoms with van der Waals surface area (Å²) in [7, 11) is 2.13. The van der Waals surface area contributed by atoms with Gasteiger partial charge in [-0.15, -0.1) is 0 Å². The standard InChI is InChI=1S/C24H29N5O3/c1-4-31-23(30)17(2)32-21-8-5-18(6-9-21)19-7-10-22-20(15-19)16-25-24(26-22)27-29-13-11-28(3)12-14-29/h5-10,15-17H,4,11-14H2,1-3H3,(H,25,26,27). The summed E-state index contributed by atoms with van der Waals surface area (Å²) < 4.78 is 10.6. The molecule has 1 unspecified atom stereocenters. The number of carbonyl (C=O) groups is 1. The van der Waals surface area contributed by atoms with Gasteiger partial charge in [0, 0.05) is 37.8 Å². The molecule has 2 aromatic carbocycles. The van der Waals surface area contributed by atoms with E-state index >= 15 is 0 Å². The zero-order valence-electron chi connectivity index (χ0n) is 18.7. The third-order valence-corrected chi connectivity index (χ3v) is 5.46. The van der Waals surface area contributed by atoms with E-state index < -0.39 is 6.10 Å². The van der Waals surface area contributed by atoms with Gasteiger partial charge in [-0.1, -0.05) is 18.2 Å². The highest BCUT2D eigenvalue weighted by Gasteiger charge is 2.16. The predicted molar refractivity (Wildman–Crippen MR) is 124 cm³/mol. The van der Waals surface area contributed by atoms with Crippen molar-refractivity contribution in [1.82, 2.24) is 19.9 Å². The highest BCUT2D eigenvalue weighted by molar-refractivity contribution is 5.84. The van der Waals surface area contributed by atoms with E-state index in [0.717, 1.165) is 48.2 Å². The normalized spacial score (nSPS) is 16.0. The first-order valence-electron chi connectivity index (χ1n) is 10.9. The molecule has 0 spiro atoms. The zero-order chi connectivity index (χ0) is 22.5. The Hall–Kier alpha value is -3.23. The minimum Gasteiger partial charge on any atom is -0.479 e. The molecule has 0 bridgehead atoms. The SMILES string of the molecule is CCOC(=O)C(C)Oc1ccc(-c2ccc3nc(NN4CCN(C)CC4)ncc3c2)cc1. The smallest absolute Gasteiger partial charge is 0.347 e. The second-order valence-electron chi connectivity index (χ2n) is 7.91. The molecule has 4 rings (SSSR count). The Balaban J connectivity index is 1.43. The molecule has 32 heavy (non-hydrogen) atoms. The Morgan fingerprint density at radius 2 is 1.81 bits per heavy atom. The van der Waals surface area contributed by atoms with Crippen LogP contribution in [0.5, 0.6) is 5.75 Å². The van der Waals surface area contributed by atoms with Gasteiger partial charge in [0.1, 0.15) is 5.75 Å². The number of likely N-dealkylation sites (N-methyl/N-ethyl adjacent to an activating group) is 1. The van der Waals surface area contributed by atoms with Crippen LogP contribution in [0.3, 0.4) is 0 Å². The van der Waals surface area contributed by atoms with Crippen molar-refractivity contribution in [1.29, 1.82) is 0 Å². The van der Waals surface area contributed by atoms with Gasteiger partial charge in [-0.2, -0.15) is 0 Å². The zero-order valence-corrected chi connectivity index (χ0v) is 18.7. The third kappa shape index (κ3) is 5.33. The number of benzene rings is 2. The van der Waals surface area contributed by atoms with Crippen molar-refractivity contribution in [3.8, 4) is 16.9 Å². The average Bonchev–Trinajstić information content (AvgIpc) is 2.81. The minimum absolute atomic E-state index is 0.338. The molecule has 0 radical (unpaired) electrons. The number of aromatic nitrogens is 2. The summed E-state index contributed by atoms with van der Waals surface area (Å²) in [6, 6.07) is 13.8. The van der Waals surface area contributed by atoms with Crippen molar-refractivity contribution in [2.45, 2.75) is 20.0 Å². The number of piperazine rings is 1. The number of hydrazine groups is 1. The first-order chi connectivity index (χ1) is 15.5. The number of carbonyl (C=O) groups excluding carboxylic acids is 1. The van der Waals surface area contributed by atoms with Crippen LogP contribution < -0.4 is 10.2 Å². The van der Waals surface area contributed by atoms with Gasteiger partial charge < -0.3 is 14.4 Å². The number of anilines is 1. The quantitative estimate of drug-likeness (QED) is 0.567. The maximum atomic E-state index is 11.7. The molecule has 1 fully saturated rings. The number of nitrogens with zero attached hydrogens (tertiary/aromatic N) is 4. The fourth-order valence-corrected chi connectivity index (χ4v) is 3.56. The van der Waals surface area contributed by atoms with Gasteiger partial charge in [0.2, 0.25) is 5.95 Å². The van der Waals surface area contributed by atoms with Gasteiger partial charge >= 0.3 is 5.97 Å². The van der Waals surface area contributed by atoms with E-state index in [1.165, 1.54) is 0 Å². The summed E-state index contributed by atoms with van der Waals surface area (Å²) >= 11 is 0. The van der Waals surface area contributed by atoms with E-state index in [2.05, 4.69) is 38.4 Å². The number of fused-ring (bicyclic) bond motifs is 1. The monoisotopic (exact) mass is 435 g/mol. The maximum absolute atomic E-state index is 11.7. The van der Waals surface area contributed by atoms with Gasteiger partial charge in [-0.25, -0.2) is 19.8 Å². The first kappa shape index (κ1) is 22.0. The van der Waals surface area contributed by atoms with Gasteiger partial charge in [0.25, 0.3) is 0 Å². The number of nitrogens with one attached hydrogen (secondary N) is 1. The summed E-state index contributed by atoms with van der Waals surface area (Å²) in [6.07, 6.45) is 1.20. The largest absolute Gasteiger partial charge is 0.479 e. The molecular formula is C24H29N5O3. The van der Waals surface area contributed by atoms with Crippen molar-refractivity contribution in [2.24, 2.45) is 0 Å². The number of hydrogen-bond donors (Lipinski definition) is 1. The summed E-state index contributed by atoms with van der Waals surface area (Å²) in [5.41, 5.74) is 6.31. The lowest BCUT2D eigenvalue weighted by Crippen LogP contribution is -2.47. The van der Waals surface area contributed by atoms with E-state index in [9.17, 15) is 4.79 Å². The topological polar surface area (TPSA) is 79.8 Å². The molecule has 1 saturated heterocycles. The molecule has 3 aromatic rings. The van der Waals surface area contributed by atoms with E-state index in [4.69, 9.17) is 9.47 Å². The van der Waals surface area contributed by atoms with Crippen molar-refractivity contribution in [3.63, 3.8) is 0 Å². The Morgan fingerprint density at radius 3 is 2.53 bits per heavy atom. The van der Waals surface area contributed by atoms with Crippen LogP contribution >= 0.6 is 0 Å². The molecule has 1 N–H and O–H groups in total. The van der Waals surface area contributed by atoms with Crippen molar-refractivity contribution < 1.29 is 14.3 Å². The molecule has 0 saturated carbocycles. The van der Waals surface area contributed by atoms with Crippen LogP contribution in [-0.4, -0.2) is 71.8 Å². The predicted octanol–water partition coefficient (Wildman–Crippen LogP) is 3.20. The molecule has 168 valence electrons. The van der Waals surface area contributed by atoms with E-state index in [0.29, 0.717) is 18.3 Å². The molecular weight excluding hydrogens is 406 g/mol. The Labute approximate surface area is 188 Å². The van der Waals surface area contributed by atoms with Gasteiger partial charge in [-0.3, -0.25) is 5.43 Å². The number of hydrogen-bond acceptors (Lipinski definition) is 8. The molecule has 1 aromatic heterocycles. The van der Waals surface area contributed by atoms with Gasteiger partial charge in [-0.05, 0) is 56.3 Å². The molecule has 1 aliphatic rings. The summed E-state index contributed by atoms with van der Waals surface area (Å²) in [4.78, 5) is 23.2. The lowest BCUT2D eigenvalue weighted by atomic mass is 10.0. The van der Waals surface area contributed by atoms with Crippen LogP contribution in [0.4, 0.5) is 5.95 Å². The van der Waals surface area contributed by atoms with Crippen molar-refractivity contribution >= 4 is 22.8 Å². The Bertz CT molecular complexity index is 1060. The van der Waals surface area contributed by atoms with Crippen LogP contribution in [0.1, 0.15) is 13.8 Å². The molecule has 8 nitrogen and oxygen atoms in total. The fourth-order valence-electron chi connectivity index (χ4n) is 3.56. The number of esters is 1. The minimum atomic E-state index is -0.646. The molecule has 0 amide bonds. The summed E-state index contributed by atoms with van der Waals surface area (Å²) in [5.74, 6) is 0.873. The lowest BCUT2D eigenvalue weighted by Gasteiger charge is -2.32. The number of rotatable bonds is 7. The summed E-state index contributed by atoms with van der Waals surface area (Å²) in [6.45, 7) is 7.72. The number of ether oxygens (including phenoxy) is 2. The Morgan fingerprint density at radius 1 is 1.09 bits per heavy atom. The highest BCUT2D eigenvalue weighted by Crippen LogP contribution is 2.26. The molecule has 1 aliphatic heterocycles. The molecule has 2 heterocycles. The highest BCUT2D eigenvalue weighted by atomic mass is 16.6. The lowest BCUT2D eigenvalue weighted by molar-refractivity contribution is -0.150. The summed E-state index contributed by atoms with van der Waals surface area (Å²) in [5, 5.41) is 3.13. The molecule has 1 atom stereocenters. The average molecular weight is 436 g/mol. The van der Waals surface area contributed by atoms with Crippen molar-refractivity contribution in [3.05, 3.63) is 48.7 Å². The van der Waals surface area contributed by atoms with Crippen LogP contribution in [0.2, 0.25) is 0 Å². The van der Waals surface area contributed by atoms with E-state index in [-0.39, 0.29) is 5.97 Å². The fraction of sp³-hybridized carbons (Fsp3) is 0.375. The maximum Gasteiger partial charge on any atom is 0.347 e. The second-order valence-corrected chi connectivity index (χ2v) is 7.91. The van der Waals surface area contributed by atoms with E-state index in [1.54, 1.807) is 13.8 Å². The molecule has 8 heteroatoms. The second kappa shape index (κ2) is 9.93. The van der Waals surface area contributed by atoms with Crippen LogP contribution in [-0.2, 0) is 9.53 Å².